The molecule has 0 saturated heterocycles. The van der Waals surface area contributed by atoms with Gasteiger partial charge in [-0.15, -0.1) is 0 Å². The Hall–Kier alpha value is -2.82. The molecule has 5 nitrogen and oxygen atoms in total. The third kappa shape index (κ3) is 3.09. The number of carbonyl (C=O) groups excluding carboxylic acids is 1. The third-order valence-electron chi connectivity index (χ3n) is 4.78. The lowest BCUT2D eigenvalue weighted by molar-refractivity contribution is -0.117. The van der Waals surface area contributed by atoms with Gasteiger partial charge in [0.1, 0.15) is 18.3 Å². The molecule has 0 aromatic heterocycles. The number of benzene rings is 2. The quantitative estimate of drug-likeness (QED) is 0.893. The van der Waals surface area contributed by atoms with Gasteiger partial charge in [-0.3, -0.25) is 4.79 Å². The summed E-state index contributed by atoms with van der Waals surface area (Å²) < 4.78 is 5.66. The Kier molecular flexibility index (Phi) is 4.25. The van der Waals surface area contributed by atoms with Gasteiger partial charge in [-0.25, -0.2) is 4.79 Å². The maximum Gasteiger partial charge on any atom is 0.336 e. The van der Waals surface area contributed by atoms with Crippen molar-refractivity contribution in [2.45, 2.75) is 33.6 Å². The molecule has 2 N–H and O–H groups in total. The van der Waals surface area contributed by atoms with E-state index in [9.17, 15) is 14.7 Å². The maximum atomic E-state index is 12.8. The number of hydrogen-bond acceptors (Lipinski definition) is 3. The van der Waals surface area contributed by atoms with Crippen LogP contribution in [0.1, 0.15) is 44.1 Å². The summed E-state index contributed by atoms with van der Waals surface area (Å²) >= 11 is 0. The molecule has 0 radical (unpaired) electrons. The summed E-state index contributed by atoms with van der Waals surface area (Å²) in [5.74, 6) is -0.850. The van der Waals surface area contributed by atoms with E-state index in [-0.39, 0.29) is 11.5 Å². The van der Waals surface area contributed by atoms with Crippen LogP contribution in [0.5, 0.6) is 5.75 Å². The van der Waals surface area contributed by atoms with Gasteiger partial charge in [0.25, 0.3) is 0 Å². The number of fused-ring (bicyclic) bond motifs is 1. The topological polar surface area (TPSA) is 75.6 Å². The van der Waals surface area contributed by atoms with E-state index in [2.05, 4.69) is 5.32 Å². The number of carboxylic acids is 1. The molecule has 0 aliphatic carbocycles. The molecule has 0 saturated carbocycles. The fourth-order valence-corrected chi connectivity index (χ4v) is 3.13. The van der Waals surface area contributed by atoms with Gasteiger partial charge in [0, 0.05) is 11.3 Å². The van der Waals surface area contributed by atoms with Crippen molar-refractivity contribution in [1.82, 2.24) is 0 Å². The lowest BCUT2D eigenvalue weighted by atomic mass is 9.96. The summed E-state index contributed by atoms with van der Waals surface area (Å²) in [6.07, 6.45) is 0. The van der Waals surface area contributed by atoms with Gasteiger partial charge in [0.05, 0.1) is 5.56 Å². The summed E-state index contributed by atoms with van der Waals surface area (Å²) in [5, 5.41) is 12.1. The van der Waals surface area contributed by atoms with Crippen LogP contribution in [0.15, 0.2) is 24.3 Å². The van der Waals surface area contributed by atoms with Gasteiger partial charge >= 0.3 is 5.97 Å². The molecule has 130 valence electrons. The molecule has 1 aliphatic heterocycles. The van der Waals surface area contributed by atoms with Crippen LogP contribution in [0.2, 0.25) is 0 Å². The molecule has 1 amide bonds. The van der Waals surface area contributed by atoms with Crippen LogP contribution in [0.4, 0.5) is 5.69 Å². The van der Waals surface area contributed by atoms with Crippen molar-refractivity contribution >= 4 is 17.6 Å². The van der Waals surface area contributed by atoms with Crippen molar-refractivity contribution < 1.29 is 19.4 Å². The Morgan fingerprint density at radius 1 is 1.00 bits per heavy atom. The summed E-state index contributed by atoms with van der Waals surface area (Å²) in [4.78, 5) is 24.1. The van der Waals surface area contributed by atoms with Gasteiger partial charge in [-0.05, 0) is 62.1 Å². The van der Waals surface area contributed by atoms with E-state index in [1.165, 1.54) is 6.07 Å². The third-order valence-corrected chi connectivity index (χ3v) is 4.78. The van der Waals surface area contributed by atoms with Crippen LogP contribution < -0.4 is 10.1 Å². The maximum absolute atomic E-state index is 12.8. The molecular formula is C20H21NO4. The molecule has 1 atom stereocenters. The number of hydrogen-bond donors (Lipinski definition) is 2. The first kappa shape index (κ1) is 17.0. The predicted octanol–water partition coefficient (Wildman–Crippen LogP) is 3.73. The molecule has 3 rings (SSSR count). The lowest BCUT2D eigenvalue weighted by Gasteiger charge is -2.14. The van der Waals surface area contributed by atoms with Crippen LogP contribution in [0.3, 0.4) is 0 Å². The van der Waals surface area contributed by atoms with E-state index in [0.717, 1.165) is 28.0 Å². The van der Waals surface area contributed by atoms with E-state index in [1.807, 2.05) is 32.9 Å². The van der Waals surface area contributed by atoms with Crippen molar-refractivity contribution in [3.8, 4) is 5.75 Å². The summed E-state index contributed by atoms with van der Waals surface area (Å²) in [6, 6.07) is 7.23. The van der Waals surface area contributed by atoms with Crippen molar-refractivity contribution in [2.75, 3.05) is 11.9 Å². The van der Waals surface area contributed by atoms with Crippen LogP contribution in [-0.4, -0.2) is 23.6 Å². The van der Waals surface area contributed by atoms with Crippen LogP contribution in [0.25, 0.3) is 0 Å². The van der Waals surface area contributed by atoms with E-state index >= 15 is 0 Å². The fraction of sp³-hybridized carbons (Fsp3) is 0.300. The second-order valence-corrected chi connectivity index (χ2v) is 6.61. The van der Waals surface area contributed by atoms with Crippen LogP contribution >= 0.6 is 0 Å². The molecule has 1 heterocycles. The first-order valence-corrected chi connectivity index (χ1v) is 8.17. The highest BCUT2D eigenvalue weighted by Gasteiger charge is 2.31. The standard InChI is InChI=1S/C20H21NO4/c1-10-6-15-16(9-25-18(15)7-11(10)2)19(22)21-17-8-14(20(23)24)12(3)5-13(17)4/h5-8,16H,9H2,1-4H3,(H,21,22)(H,23,24). The second kappa shape index (κ2) is 6.24. The molecule has 1 aliphatic rings. The Balaban J connectivity index is 1.89. The molecule has 2 aromatic rings. The van der Waals surface area contributed by atoms with Gasteiger partial charge in [0.2, 0.25) is 5.91 Å². The van der Waals surface area contributed by atoms with E-state index < -0.39 is 11.9 Å². The first-order chi connectivity index (χ1) is 11.8. The smallest absolute Gasteiger partial charge is 0.336 e. The minimum Gasteiger partial charge on any atom is -0.492 e. The Labute approximate surface area is 146 Å². The molecule has 0 spiro atoms. The van der Waals surface area contributed by atoms with Gasteiger partial charge < -0.3 is 15.2 Å². The number of rotatable bonds is 3. The first-order valence-electron chi connectivity index (χ1n) is 8.17. The monoisotopic (exact) mass is 339 g/mol. The number of carbonyl (C=O) groups is 2. The van der Waals surface area contributed by atoms with Crippen molar-refractivity contribution in [3.63, 3.8) is 0 Å². The van der Waals surface area contributed by atoms with Gasteiger partial charge in [-0.2, -0.15) is 0 Å². The molecule has 2 aromatic carbocycles. The number of carboxylic acid groups (broad SMARTS) is 1. The highest BCUT2D eigenvalue weighted by atomic mass is 16.5. The highest BCUT2D eigenvalue weighted by molar-refractivity contribution is 5.99. The fourth-order valence-electron chi connectivity index (χ4n) is 3.13. The average molecular weight is 339 g/mol. The van der Waals surface area contributed by atoms with Crippen molar-refractivity contribution in [1.29, 1.82) is 0 Å². The molecule has 1 unspecified atom stereocenters. The zero-order valence-corrected chi connectivity index (χ0v) is 14.8. The van der Waals surface area contributed by atoms with Gasteiger partial charge in [0.15, 0.2) is 0 Å². The number of aryl methyl sites for hydroxylation is 4. The number of nitrogens with one attached hydrogen (secondary N) is 1. The van der Waals surface area contributed by atoms with E-state index in [1.54, 1.807) is 13.0 Å². The Morgan fingerprint density at radius 2 is 1.68 bits per heavy atom. The zero-order valence-electron chi connectivity index (χ0n) is 14.8. The number of anilines is 1. The zero-order chi connectivity index (χ0) is 18.3. The number of aromatic carboxylic acids is 1. The Morgan fingerprint density at radius 3 is 2.36 bits per heavy atom. The summed E-state index contributed by atoms with van der Waals surface area (Å²) in [7, 11) is 0. The number of ether oxygens (including phenoxy) is 1. The normalized spacial score (nSPS) is 15.4. The highest BCUT2D eigenvalue weighted by Crippen LogP contribution is 2.37. The second-order valence-electron chi connectivity index (χ2n) is 6.61. The predicted molar refractivity (Wildman–Crippen MR) is 95.7 cm³/mol. The molecule has 0 bridgehead atoms. The number of amides is 1. The van der Waals surface area contributed by atoms with Crippen molar-refractivity contribution in [2.24, 2.45) is 0 Å². The average Bonchev–Trinajstić information content (AvgIpc) is 2.92. The minimum atomic E-state index is -1.01. The molecule has 0 fully saturated rings. The van der Waals surface area contributed by atoms with E-state index in [4.69, 9.17) is 4.74 Å². The minimum absolute atomic E-state index is 0.190. The van der Waals surface area contributed by atoms with Crippen LogP contribution in [-0.2, 0) is 4.79 Å². The van der Waals surface area contributed by atoms with Gasteiger partial charge in [-0.1, -0.05) is 12.1 Å². The van der Waals surface area contributed by atoms with E-state index in [0.29, 0.717) is 17.9 Å². The molecule has 25 heavy (non-hydrogen) atoms. The summed E-state index contributed by atoms with van der Waals surface area (Å²) in [6.45, 7) is 7.90. The Bertz CT molecular complexity index is 886. The van der Waals surface area contributed by atoms with Crippen molar-refractivity contribution in [3.05, 3.63) is 57.6 Å². The lowest BCUT2D eigenvalue weighted by Crippen LogP contribution is -2.23. The molecular weight excluding hydrogens is 318 g/mol. The summed E-state index contributed by atoms with van der Waals surface area (Å²) in [5.41, 5.74) is 5.32. The molecule has 5 heteroatoms. The SMILES string of the molecule is Cc1cc2c(cc1C)C(C(=O)Nc1cc(C(=O)O)c(C)cc1C)CO2. The largest absolute Gasteiger partial charge is 0.492 e. The van der Waals surface area contributed by atoms with Crippen LogP contribution in [0, 0.1) is 27.7 Å².